The van der Waals surface area contributed by atoms with Crippen molar-refractivity contribution >= 4 is 68.6 Å². The minimum Gasteiger partial charge on any atom is -0.350 e. The van der Waals surface area contributed by atoms with Gasteiger partial charge in [-0.2, -0.15) is 4.98 Å². The van der Waals surface area contributed by atoms with Crippen LogP contribution in [-0.2, 0) is 0 Å². The van der Waals surface area contributed by atoms with E-state index in [2.05, 4.69) is 68.4 Å². The van der Waals surface area contributed by atoms with Crippen LogP contribution in [-0.4, -0.2) is 86.3 Å². The van der Waals surface area contributed by atoms with Gasteiger partial charge in [-0.05, 0) is 48.4 Å². The van der Waals surface area contributed by atoms with Crippen LogP contribution >= 0.6 is 11.6 Å². The molecule has 8 nitrogen and oxygen atoms in total. The van der Waals surface area contributed by atoms with Gasteiger partial charge in [-0.25, -0.2) is 14.8 Å². The number of hydrogen-bond donors (Lipinski definition) is 1. The van der Waals surface area contributed by atoms with Crippen molar-refractivity contribution in [3.8, 4) is 5.69 Å². The second kappa shape index (κ2) is 9.58. The lowest BCUT2D eigenvalue weighted by molar-refractivity contribution is 0.208. The lowest BCUT2D eigenvalue weighted by atomic mass is 9.44. The van der Waals surface area contributed by atoms with E-state index in [9.17, 15) is 4.79 Å². The number of nitrogens with one attached hydrogen (secondary N) is 1. The van der Waals surface area contributed by atoms with Crippen LogP contribution in [0, 0.1) is 5.92 Å². The van der Waals surface area contributed by atoms with Crippen molar-refractivity contribution < 1.29 is 4.79 Å². The molecule has 0 bridgehead atoms. The predicted octanol–water partition coefficient (Wildman–Crippen LogP) is -0.814. The number of amides is 2. The molecule has 1 aromatic carbocycles. The molecule has 2 atom stereocenters. The van der Waals surface area contributed by atoms with Crippen molar-refractivity contribution in [1.82, 2.24) is 24.4 Å². The number of anilines is 2. The van der Waals surface area contributed by atoms with E-state index in [1.807, 2.05) is 51.8 Å². The van der Waals surface area contributed by atoms with Crippen LogP contribution in [0.2, 0.25) is 5.02 Å². The molecule has 14 heteroatoms. The third-order valence-corrected chi connectivity index (χ3v) is 6.93. The molecule has 0 saturated carbocycles. The van der Waals surface area contributed by atoms with Crippen LogP contribution in [0.1, 0.15) is 32.5 Å². The van der Waals surface area contributed by atoms with Crippen molar-refractivity contribution in [1.29, 1.82) is 0 Å². The van der Waals surface area contributed by atoms with Crippen molar-refractivity contribution in [3.63, 3.8) is 0 Å². The maximum Gasteiger partial charge on any atom is 0.323 e. The van der Waals surface area contributed by atoms with Gasteiger partial charge in [-0.3, -0.25) is 4.90 Å². The molecule has 1 unspecified atom stereocenters. The molecule has 0 spiro atoms. The molecule has 4 rings (SSSR count). The average Bonchev–Trinajstić information content (AvgIpc) is 3.34. The molecule has 1 fully saturated rings. The monoisotopic (exact) mass is 499 g/mol. The van der Waals surface area contributed by atoms with Crippen LogP contribution in [0.25, 0.3) is 5.69 Å². The highest BCUT2D eigenvalue weighted by molar-refractivity contribution is 6.61. The van der Waals surface area contributed by atoms with Crippen molar-refractivity contribution in [2.75, 3.05) is 10.2 Å². The normalized spacial score (nSPS) is 18.6. The minimum atomic E-state index is -0.371. The Kier molecular flexibility index (Phi) is 6.99. The number of halogens is 1. The van der Waals surface area contributed by atoms with Crippen LogP contribution in [0.15, 0.2) is 49.1 Å². The van der Waals surface area contributed by atoms with Gasteiger partial charge in [-0.1, -0.05) is 25.4 Å². The fourth-order valence-corrected chi connectivity index (χ4v) is 5.69. The number of rotatable bonds is 7. The fourth-order valence-electron chi connectivity index (χ4n) is 5.56. The van der Waals surface area contributed by atoms with E-state index >= 15 is 0 Å². The Labute approximate surface area is 222 Å². The van der Waals surface area contributed by atoms with Gasteiger partial charge in [-0.15, -0.1) is 0 Å². The summed E-state index contributed by atoms with van der Waals surface area (Å²) < 4.78 is 1.94. The Bertz CT molecular complexity index is 1250. The summed E-state index contributed by atoms with van der Waals surface area (Å²) in [5.41, 5.74) is 1.82. The Morgan fingerprint density at radius 2 is 1.75 bits per heavy atom. The average molecular weight is 499 g/mol. The number of benzene rings is 1. The van der Waals surface area contributed by atoms with E-state index < -0.39 is 0 Å². The summed E-state index contributed by atoms with van der Waals surface area (Å²) >= 11 is 6.01. The number of carbonyl (C=O) groups excluding carboxylic acids is 1. The second-order valence-corrected chi connectivity index (χ2v) is 11.7. The molecule has 0 radical (unpaired) electrons. The quantitative estimate of drug-likeness (QED) is 0.431. The summed E-state index contributed by atoms with van der Waals surface area (Å²) in [7, 11) is 10.5. The van der Waals surface area contributed by atoms with Gasteiger partial charge in [0.05, 0.1) is 24.1 Å². The summed E-state index contributed by atoms with van der Waals surface area (Å²) in [5.74, 6) is 1.27. The van der Waals surface area contributed by atoms with Crippen LogP contribution < -0.4 is 10.2 Å². The first-order chi connectivity index (χ1) is 16.8. The summed E-state index contributed by atoms with van der Waals surface area (Å²) in [6.45, 7) is 6.31. The summed E-state index contributed by atoms with van der Waals surface area (Å²) in [6, 6.07) is 9.17. The van der Waals surface area contributed by atoms with Crippen LogP contribution in [0.4, 0.5) is 16.6 Å². The van der Waals surface area contributed by atoms with E-state index in [4.69, 9.17) is 16.6 Å². The Morgan fingerprint density at radius 1 is 1.08 bits per heavy atom. The second-order valence-electron chi connectivity index (χ2n) is 11.3. The molecule has 182 valence electrons. The maximum atomic E-state index is 13.7. The molecular formula is C22H31B5ClN7O. The van der Waals surface area contributed by atoms with Gasteiger partial charge >= 0.3 is 6.03 Å². The predicted molar refractivity (Wildman–Crippen MR) is 159 cm³/mol. The number of imidazole rings is 1. The zero-order valence-electron chi connectivity index (χ0n) is 22.3. The molecule has 2 amide bonds. The van der Waals surface area contributed by atoms with Crippen molar-refractivity contribution in [2.45, 2.75) is 43.4 Å². The summed E-state index contributed by atoms with van der Waals surface area (Å²) in [4.78, 5) is 31.3. The van der Waals surface area contributed by atoms with Crippen LogP contribution in [0.5, 0.6) is 0 Å². The smallest absolute Gasteiger partial charge is 0.323 e. The number of nitrogens with zero attached hydrogens (tertiary/aromatic N) is 6. The first-order valence-electron chi connectivity index (χ1n) is 12.3. The zero-order valence-corrected chi connectivity index (χ0v) is 23.1. The molecule has 1 N–H and O–H groups in total. The van der Waals surface area contributed by atoms with Gasteiger partial charge in [0, 0.05) is 28.4 Å². The van der Waals surface area contributed by atoms with Gasteiger partial charge in [0.25, 0.3) is 0 Å². The highest BCUT2D eigenvalue weighted by Crippen LogP contribution is 2.38. The van der Waals surface area contributed by atoms with E-state index in [-0.39, 0.29) is 34.6 Å². The van der Waals surface area contributed by atoms with Gasteiger partial charge < -0.3 is 14.8 Å². The number of aromatic nitrogens is 4. The van der Waals surface area contributed by atoms with Gasteiger partial charge in [0.1, 0.15) is 45.0 Å². The highest BCUT2D eigenvalue weighted by atomic mass is 35.5. The molecule has 2 aromatic heterocycles. The lowest BCUT2D eigenvalue weighted by Crippen LogP contribution is -2.64. The maximum absolute atomic E-state index is 13.7. The molecular weight excluding hydrogens is 468 g/mol. The molecule has 36 heavy (non-hydrogen) atoms. The number of urea groups is 1. The zero-order chi connectivity index (χ0) is 26.4. The van der Waals surface area contributed by atoms with Crippen molar-refractivity contribution in [2.24, 2.45) is 5.92 Å². The van der Waals surface area contributed by atoms with E-state index in [0.717, 1.165) is 11.4 Å². The molecule has 0 aliphatic carbocycles. The molecule has 1 saturated heterocycles. The van der Waals surface area contributed by atoms with Crippen LogP contribution in [0.3, 0.4) is 0 Å². The summed E-state index contributed by atoms with van der Waals surface area (Å²) in [6.07, 6.45) is 5.43. The third-order valence-electron chi connectivity index (χ3n) is 6.68. The van der Waals surface area contributed by atoms with Gasteiger partial charge in [0.15, 0.2) is 0 Å². The van der Waals surface area contributed by atoms with Crippen molar-refractivity contribution in [3.05, 3.63) is 59.8 Å². The fraction of sp³-hybridized carbons (Fsp3) is 0.364. The molecule has 1 aliphatic heterocycles. The van der Waals surface area contributed by atoms with E-state index in [1.165, 1.54) is 0 Å². The van der Waals surface area contributed by atoms with E-state index in [1.54, 1.807) is 18.6 Å². The lowest BCUT2D eigenvalue weighted by Gasteiger charge is -2.45. The first kappa shape index (κ1) is 26.3. The Morgan fingerprint density at radius 3 is 2.36 bits per heavy atom. The molecule has 1 aliphatic rings. The largest absolute Gasteiger partial charge is 0.350 e. The highest BCUT2D eigenvalue weighted by Gasteiger charge is 2.55. The Hall–Kier alpha value is -2.81. The third kappa shape index (κ3) is 4.90. The molecule has 3 heterocycles. The first-order valence-corrected chi connectivity index (χ1v) is 12.7. The molecule has 3 aromatic rings. The summed E-state index contributed by atoms with van der Waals surface area (Å²) in [5, 5.41) is 3.34. The minimum absolute atomic E-state index is 0.0365. The SMILES string of the molecule is BC(B)(B)N1C(=O)N(c2ccnc(N[C@@H](C)c3cn(-c4ccc(Cl)cc4)cn3)n2)C(C(C)C)C1(B)B. The Balaban J connectivity index is 1.59. The van der Waals surface area contributed by atoms with Gasteiger partial charge in [0.2, 0.25) is 5.95 Å². The van der Waals surface area contributed by atoms with E-state index in [0.29, 0.717) is 16.8 Å². The number of carbonyl (C=O) groups is 1. The standard InChI is InChI=1S/C22H31B5ClN7O/c1-12(2)18-21(23,24)35(22(25,26)27)20(36)34(18)17-8-9-29-19(32-17)31-13(3)16-10-33(11-30-16)15-6-4-14(28)5-7-15/h4-13,18H,23-27H2,1-3H3,(H,29,31,32)/t13-,18?/m0/s1. The topological polar surface area (TPSA) is 79.2 Å². The number of hydrogen-bond acceptors (Lipinski definition) is 5.